The lowest BCUT2D eigenvalue weighted by Crippen LogP contribution is -2.21. The molecule has 1 aliphatic carbocycles. The summed E-state index contributed by atoms with van der Waals surface area (Å²) in [4.78, 5) is 15.3. The Morgan fingerprint density at radius 1 is 1.36 bits per heavy atom. The molecule has 8 heteroatoms. The van der Waals surface area contributed by atoms with Gasteiger partial charge in [0.25, 0.3) is 5.89 Å². The third-order valence-corrected chi connectivity index (χ3v) is 5.61. The lowest BCUT2D eigenvalue weighted by molar-refractivity contribution is -0.137. The number of nitrogens with zero attached hydrogens (tertiary/aromatic N) is 3. The summed E-state index contributed by atoms with van der Waals surface area (Å²) in [5, 5.41) is 26.0. The number of aliphatic carboxylic acids is 1. The second kappa shape index (κ2) is 9.84. The molecule has 0 bridgehead atoms. The molecule has 1 aliphatic rings. The first-order chi connectivity index (χ1) is 16.0. The molecule has 1 atom stereocenters. The van der Waals surface area contributed by atoms with Gasteiger partial charge in [-0.1, -0.05) is 23.4 Å². The van der Waals surface area contributed by atoms with Crippen LogP contribution in [0.25, 0.3) is 22.8 Å². The molecular weight excluding hydrogens is 420 g/mol. The molecule has 0 amide bonds. The highest BCUT2D eigenvalue weighted by atomic mass is 16.5. The molecule has 2 N–H and O–H groups in total. The number of carbonyl (C=O) groups is 1. The summed E-state index contributed by atoms with van der Waals surface area (Å²) in [5.41, 5.74) is 4.37. The van der Waals surface area contributed by atoms with Gasteiger partial charge in [0.2, 0.25) is 5.82 Å². The number of hydrogen-bond donors (Lipinski definition) is 2. The van der Waals surface area contributed by atoms with E-state index < -0.39 is 5.97 Å². The third-order valence-electron chi connectivity index (χ3n) is 5.61. The second-order valence-corrected chi connectivity index (χ2v) is 8.33. The Labute approximate surface area is 192 Å². The number of fused-ring (bicyclic) bond motifs is 1. The average molecular weight is 447 g/mol. The maximum atomic E-state index is 10.7. The predicted molar refractivity (Wildman–Crippen MR) is 122 cm³/mol. The zero-order chi connectivity index (χ0) is 23.4. The van der Waals surface area contributed by atoms with Crippen LogP contribution >= 0.6 is 0 Å². The molecule has 0 fully saturated rings. The fraction of sp³-hybridized carbons (Fsp3) is 0.360. The van der Waals surface area contributed by atoms with E-state index in [9.17, 15) is 10.1 Å². The van der Waals surface area contributed by atoms with Gasteiger partial charge in [-0.2, -0.15) is 10.2 Å². The number of carboxylic acid groups (broad SMARTS) is 1. The monoisotopic (exact) mass is 446 g/mol. The van der Waals surface area contributed by atoms with Crippen LogP contribution in [0.5, 0.6) is 5.75 Å². The Morgan fingerprint density at radius 2 is 2.21 bits per heavy atom. The van der Waals surface area contributed by atoms with E-state index in [0.29, 0.717) is 41.6 Å². The summed E-state index contributed by atoms with van der Waals surface area (Å²) < 4.78 is 11.2. The Balaban J connectivity index is 1.54. The molecule has 4 rings (SSSR count). The summed E-state index contributed by atoms with van der Waals surface area (Å²) in [6, 6.07) is 13.7. The molecule has 0 saturated heterocycles. The maximum Gasteiger partial charge on any atom is 0.303 e. The SMILES string of the molecule is CC(C)Oc1ccc(-c2nc(-c3cccc4c3CCC4NCCCC(=O)O)no2)cc1C#N. The quantitative estimate of drug-likeness (QED) is 0.461. The number of carboxylic acids is 1. The number of nitriles is 1. The van der Waals surface area contributed by atoms with Gasteiger partial charge in [-0.15, -0.1) is 0 Å². The van der Waals surface area contributed by atoms with E-state index in [1.165, 1.54) is 11.1 Å². The van der Waals surface area contributed by atoms with E-state index in [0.717, 1.165) is 18.4 Å². The predicted octanol–water partition coefficient (Wildman–Crippen LogP) is 4.50. The molecule has 0 saturated carbocycles. The molecule has 0 radical (unpaired) electrons. The molecule has 2 aromatic carbocycles. The van der Waals surface area contributed by atoms with Crippen LogP contribution in [0.2, 0.25) is 0 Å². The van der Waals surface area contributed by atoms with Gasteiger partial charge in [-0.25, -0.2) is 0 Å². The Kier molecular flexibility index (Phi) is 6.71. The van der Waals surface area contributed by atoms with E-state index in [2.05, 4.69) is 27.6 Å². The van der Waals surface area contributed by atoms with Crippen LogP contribution in [0.1, 0.15) is 55.8 Å². The van der Waals surface area contributed by atoms with Crippen molar-refractivity contribution in [3.05, 3.63) is 53.1 Å². The van der Waals surface area contributed by atoms with Gasteiger partial charge in [-0.05, 0) is 69.0 Å². The summed E-state index contributed by atoms with van der Waals surface area (Å²) in [5.74, 6) is 0.604. The molecule has 170 valence electrons. The fourth-order valence-corrected chi connectivity index (χ4v) is 4.15. The number of hydrogen-bond acceptors (Lipinski definition) is 7. The first kappa shape index (κ1) is 22.5. The highest BCUT2D eigenvalue weighted by Gasteiger charge is 2.26. The fourth-order valence-electron chi connectivity index (χ4n) is 4.15. The van der Waals surface area contributed by atoms with Gasteiger partial charge in [0.05, 0.1) is 11.7 Å². The second-order valence-electron chi connectivity index (χ2n) is 8.33. The van der Waals surface area contributed by atoms with Crippen LogP contribution in [0, 0.1) is 11.3 Å². The van der Waals surface area contributed by atoms with Crippen LogP contribution in [0.15, 0.2) is 40.9 Å². The van der Waals surface area contributed by atoms with E-state index >= 15 is 0 Å². The third kappa shape index (κ3) is 5.04. The lowest BCUT2D eigenvalue weighted by Gasteiger charge is -2.14. The molecule has 0 aliphatic heterocycles. The molecule has 1 unspecified atom stereocenters. The van der Waals surface area contributed by atoms with E-state index in [-0.39, 0.29) is 18.6 Å². The first-order valence-electron chi connectivity index (χ1n) is 11.1. The molecule has 33 heavy (non-hydrogen) atoms. The minimum Gasteiger partial charge on any atom is -0.490 e. The van der Waals surface area contributed by atoms with E-state index in [4.69, 9.17) is 14.4 Å². The average Bonchev–Trinajstić information content (AvgIpc) is 3.44. The van der Waals surface area contributed by atoms with Crippen molar-refractivity contribution in [3.63, 3.8) is 0 Å². The Bertz CT molecular complexity index is 1200. The highest BCUT2D eigenvalue weighted by Crippen LogP contribution is 2.37. The number of benzene rings is 2. The van der Waals surface area contributed by atoms with Gasteiger partial charge in [0.1, 0.15) is 11.8 Å². The molecular formula is C25H26N4O4. The smallest absolute Gasteiger partial charge is 0.303 e. The normalized spacial score (nSPS) is 14.8. The van der Waals surface area contributed by atoms with Crippen molar-refractivity contribution in [2.24, 2.45) is 0 Å². The van der Waals surface area contributed by atoms with E-state index in [1.807, 2.05) is 32.0 Å². The van der Waals surface area contributed by atoms with E-state index in [1.54, 1.807) is 12.1 Å². The minimum absolute atomic E-state index is 0.0337. The Hall–Kier alpha value is -3.70. The number of ether oxygens (including phenoxy) is 1. The van der Waals surface area contributed by atoms with Crippen molar-refractivity contribution in [2.75, 3.05) is 6.54 Å². The van der Waals surface area contributed by atoms with Gasteiger partial charge < -0.3 is 19.7 Å². The molecule has 1 heterocycles. The van der Waals surface area contributed by atoms with Crippen LogP contribution in [-0.2, 0) is 11.2 Å². The van der Waals surface area contributed by atoms with Gasteiger partial charge in [0.15, 0.2) is 0 Å². The van der Waals surface area contributed by atoms with Crippen LogP contribution < -0.4 is 10.1 Å². The number of nitrogens with one attached hydrogen (secondary N) is 1. The topological polar surface area (TPSA) is 121 Å². The van der Waals surface area contributed by atoms with Crippen molar-refractivity contribution in [2.45, 2.75) is 51.7 Å². The highest BCUT2D eigenvalue weighted by molar-refractivity contribution is 5.67. The van der Waals surface area contributed by atoms with Crippen molar-refractivity contribution in [1.29, 1.82) is 5.26 Å². The summed E-state index contributed by atoms with van der Waals surface area (Å²) >= 11 is 0. The van der Waals surface area contributed by atoms with Gasteiger partial charge in [0, 0.05) is 23.6 Å². The minimum atomic E-state index is -0.775. The summed E-state index contributed by atoms with van der Waals surface area (Å²) in [6.07, 6.45) is 2.55. The maximum absolute atomic E-state index is 10.7. The molecule has 1 aromatic heterocycles. The summed E-state index contributed by atoms with van der Waals surface area (Å²) in [6.45, 7) is 4.48. The van der Waals surface area contributed by atoms with Crippen molar-refractivity contribution >= 4 is 5.97 Å². The van der Waals surface area contributed by atoms with Gasteiger partial charge >= 0.3 is 5.97 Å². The Morgan fingerprint density at radius 3 is 2.97 bits per heavy atom. The number of aromatic nitrogens is 2. The standard InChI is InChI=1S/C25H26N4O4/c1-15(2)32-22-11-8-16(13-17(22)14-26)25-28-24(29-33-25)20-6-3-5-19-18(20)9-10-21(19)27-12-4-7-23(30)31/h3,5-6,8,11,13,15,21,27H,4,7,9-10,12H2,1-2H3,(H,30,31). The van der Waals surface area contributed by atoms with Gasteiger partial charge in [-0.3, -0.25) is 4.79 Å². The van der Waals surface area contributed by atoms with Crippen molar-refractivity contribution in [3.8, 4) is 34.7 Å². The zero-order valence-corrected chi connectivity index (χ0v) is 18.7. The molecule has 8 nitrogen and oxygen atoms in total. The van der Waals surface area contributed by atoms with Crippen molar-refractivity contribution in [1.82, 2.24) is 15.5 Å². The molecule has 0 spiro atoms. The van der Waals surface area contributed by atoms with Crippen LogP contribution in [0.3, 0.4) is 0 Å². The lowest BCUT2D eigenvalue weighted by atomic mass is 10.0. The zero-order valence-electron chi connectivity index (χ0n) is 18.7. The largest absolute Gasteiger partial charge is 0.490 e. The number of rotatable bonds is 9. The van der Waals surface area contributed by atoms with Crippen LogP contribution in [0.4, 0.5) is 0 Å². The summed E-state index contributed by atoms with van der Waals surface area (Å²) in [7, 11) is 0. The first-order valence-corrected chi connectivity index (χ1v) is 11.1. The van der Waals surface area contributed by atoms with Crippen molar-refractivity contribution < 1.29 is 19.2 Å². The van der Waals surface area contributed by atoms with Crippen LogP contribution in [-0.4, -0.2) is 33.9 Å². The molecule has 3 aromatic rings.